The normalized spacial score (nSPS) is 24.1. The molecule has 0 atom stereocenters. The van der Waals surface area contributed by atoms with Crippen molar-refractivity contribution in [2.24, 2.45) is 6.98 Å². The van der Waals surface area contributed by atoms with E-state index in [-0.39, 0.29) is 10.3 Å². The molecule has 0 radical (unpaired) electrons. The lowest BCUT2D eigenvalue weighted by molar-refractivity contribution is 0.647. The number of rotatable bonds is 0. The molecule has 0 aliphatic carbocycles. The average Bonchev–Trinajstić information content (AvgIpc) is 2.27. The van der Waals surface area contributed by atoms with E-state index in [9.17, 15) is 0 Å². The maximum absolute atomic E-state index is 7.04. The van der Waals surface area contributed by atoms with Crippen LogP contribution >= 0.6 is 15.9 Å². The molecule has 4 heteroatoms. The monoisotopic (exact) mass is 181 g/mol. The Morgan fingerprint density at radius 2 is 2.62 bits per heavy atom. The van der Waals surface area contributed by atoms with E-state index in [0.29, 0.717) is 4.80 Å². The lowest BCUT2D eigenvalue weighted by Crippen LogP contribution is -1.91. The number of aryl methyl sites for hydroxylation is 2. The predicted molar refractivity (Wildman–Crippen MR) is 33.4 cm³/mol. The number of halogens is 1. The molecule has 1 aromatic heterocycles. The fourth-order valence-corrected chi connectivity index (χ4v) is 0.518. The van der Waals surface area contributed by atoms with Crippen LogP contribution in [0.5, 0.6) is 0 Å². The summed E-state index contributed by atoms with van der Waals surface area (Å²) in [6.07, 6.45) is 0. The molecule has 0 saturated carbocycles. The summed E-state index contributed by atoms with van der Waals surface area (Å²) in [5.41, 5.74) is -0.353. The first-order chi connectivity index (χ1) is 6.12. The molecule has 0 amide bonds. The minimum Gasteiger partial charge on any atom is -0.187 e. The van der Waals surface area contributed by atoms with Crippen LogP contribution in [0, 0.1) is 6.85 Å². The largest absolute Gasteiger partial charge is 0.187 e. The second-order valence-electron chi connectivity index (χ2n) is 1.13. The molecule has 1 aromatic rings. The molecule has 0 aromatic carbocycles. The average molecular weight is 182 g/mol. The summed E-state index contributed by atoms with van der Waals surface area (Å²) in [6, 6.07) is 0. The van der Waals surface area contributed by atoms with Crippen LogP contribution in [0.2, 0.25) is 0 Å². The van der Waals surface area contributed by atoms with Crippen LogP contribution in [-0.4, -0.2) is 15.0 Å². The summed E-state index contributed by atoms with van der Waals surface area (Å²) in [7, 11) is 0. The molecule has 0 N–H and O–H groups in total. The minimum absolute atomic E-state index is 0.0753. The molecule has 0 bridgehead atoms. The third-order valence-corrected chi connectivity index (χ3v) is 1.11. The van der Waals surface area contributed by atoms with Crippen LogP contribution in [0.3, 0.4) is 0 Å². The first kappa shape index (κ1) is 1.80. The summed E-state index contributed by atoms with van der Waals surface area (Å²) < 4.78 is 41.9. The summed E-state index contributed by atoms with van der Waals surface area (Å²) in [4.78, 5) is 0.402. The third kappa shape index (κ3) is 0.888. The zero-order chi connectivity index (χ0) is 11.1. The van der Waals surface area contributed by atoms with Crippen LogP contribution < -0.4 is 0 Å². The lowest BCUT2D eigenvalue weighted by Gasteiger charge is -1.76. The van der Waals surface area contributed by atoms with Gasteiger partial charge in [-0.1, -0.05) is 0 Å². The fourth-order valence-electron chi connectivity index (χ4n) is 0.289. The highest BCUT2D eigenvalue weighted by molar-refractivity contribution is 9.10. The van der Waals surface area contributed by atoms with Gasteiger partial charge in [0.1, 0.15) is 0 Å². The van der Waals surface area contributed by atoms with E-state index in [1.54, 1.807) is 0 Å². The van der Waals surface area contributed by atoms with Gasteiger partial charge in [0.05, 0.1) is 5.69 Å². The van der Waals surface area contributed by atoms with Gasteiger partial charge in [-0.15, -0.1) is 5.10 Å². The Morgan fingerprint density at radius 3 is 3.00 bits per heavy atom. The highest BCUT2D eigenvalue weighted by Crippen LogP contribution is 2.06. The van der Waals surface area contributed by atoms with Gasteiger partial charge >= 0.3 is 0 Å². The van der Waals surface area contributed by atoms with Crippen molar-refractivity contribution < 1.29 is 8.22 Å². The van der Waals surface area contributed by atoms with E-state index in [2.05, 4.69) is 26.1 Å². The Bertz CT molecular complexity index is 338. The van der Waals surface area contributed by atoms with Crippen molar-refractivity contribution in [3.63, 3.8) is 0 Å². The molecule has 0 aliphatic heterocycles. The van der Waals surface area contributed by atoms with E-state index in [1.807, 2.05) is 0 Å². The van der Waals surface area contributed by atoms with Gasteiger partial charge in [-0.25, -0.2) is 0 Å². The molecule has 0 fully saturated rings. The number of hydrogen-bond donors (Lipinski definition) is 0. The second-order valence-corrected chi connectivity index (χ2v) is 1.88. The van der Waals surface area contributed by atoms with Gasteiger partial charge in [-0.05, 0) is 22.8 Å². The minimum atomic E-state index is -2.56. The molecule has 1 rings (SSSR count). The molecule has 0 saturated heterocycles. The SMILES string of the molecule is [2H]C([2H])([2H])c1nn(C([2H])([2H])[2H])nc1Br. The lowest BCUT2D eigenvalue weighted by atomic mass is 10.6. The quantitative estimate of drug-likeness (QED) is 0.596. The van der Waals surface area contributed by atoms with Gasteiger partial charge in [-0.3, -0.25) is 0 Å². The molecule has 44 valence electrons. The summed E-state index contributed by atoms with van der Waals surface area (Å²) in [5.74, 6) is 0. The third-order valence-electron chi connectivity index (χ3n) is 0.573. The molecular weight excluding hydrogens is 170 g/mol. The maximum Gasteiger partial charge on any atom is 0.151 e. The van der Waals surface area contributed by atoms with Crippen molar-refractivity contribution in [2.75, 3.05) is 0 Å². The molecule has 0 spiro atoms. The predicted octanol–water partition coefficient (Wildman–Crippen LogP) is 0.886. The van der Waals surface area contributed by atoms with Gasteiger partial charge < -0.3 is 0 Å². The summed E-state index contributed by atoms with van der Waals surface area (Å²) in [6.45, 7) is -5.03. The highest BCUT2D eigenvalue weighted by Gasteiger charge is 1.96. The zero-order valence-corrected chi connectivity index (χ0v) is 5.31. The zero-order valence-electron chi connectivity index (χ0n) is 9.72. The maximum atomic E-state index is 7.04. The Kier molecular flexibility index (Phi) is 0.417. The summed E-state index contributed by atoms with van der Waals surface area (Å²) >= 11 is 2.84. The van der Waals surface area contributed by atoms with E-state index in [1.165, 1.54) is 0 Å². The van der Waals surface area contributed by atoms with E-state index < -0.39 is 13.8 Å². The topological polar surface area (TPSA) is 30.7 Å². The van der Waals surface area contributed by atoms with Crippen molar-refractivity contribution >= 4 is 15.9 Å². The standard InChI is InChI=1S/C4H6BrN3/c1-3-4(5)7-8(2)6-3/h1-2H3/i1D3,2D3. The first-order valence-corrected chi connectivity index (χ1v) is 2.55. The van der Waals surface area contributed by atoms with Gasteiger partial charge in [0.2, 0.25) is 0 Å². The van der Waals surface area contributed by atoms with Crippen molar-refractivity contribution in [2.45, 2.75) is 6.85 Å². The van der Waals surface area contributed by atoms with E-state index >= 15 is 0 Å². The number of aromatic nitrogens is 3. The molecular formula is C4H6BrN3. The Balaban J connectivity index is 3.19. The molecule has 0 unspecified atom stereocenters. The Hall–Kier alpha value is -0.380. The van der Waals surface area contributed by atoms with Crippen molar-refractivity contribution in [3.8, 4) is 0 Å². The highest BCUT2D eigenvalue weighted by atomic mass is 79.9. The van der Waals surface area contributed by atoms with Crippen LogP contribution in [0.1, 0.15) is 13.9 Å². The van der Waals surface area contributed by atoms with Gasteiger partial charge in [-0.2, -0.15) is 9.90 Å². The number of hydrogen-bond acceptors (Lipinski definition) is 2. The van der Waals surface area contributed by atoms with Gasteiger partial charge in [0.25, 0.3) is 0 Å². The van der Waals surface area contributed by atoms with Crippen molar-refractivity contribution in [1.29, 1.82) is 0 Å². The fraction of sp³-hybridized carbons (Fsp3) is 0.500. The van der Waals surface area contributed by atoms with Crippen LogP contribution in [0.15, 0.2) is 4.60 Å². The van der Waals surface area contributed by atoms with E-state index in [0.717, 1.165) is 0 Å². The molecule has 0 aliphatic rings. The smallest absolute Gasteiger partial charge is 0.151 e. The van der Waals surface area contributed by atoms with E-state index in [4.69, 9.17) is 8.22 Å². The van der Waals surface area contributed by atoms with Gasteiger partial charge in [0, 0.05) is 15.2 Å². The first-order valence-electron chi connectivity index (χ1n) is 4.76. The van der Waals surface area contributed by atoms with Crippen molar-refractivity contribution in [3.05, 3.63) is 10.3 Å². The van der Waals surface area contributed by atoms with Crippen molar-refractivity contribution in [1.82, 2.24) is 15.0 Å². The Labute approximate surface area is 64.3 Å². The second kappa shape index (κ2) is 1.85. The van der Waals surface area contributed by atoms with Gasteiger partial charge in [0.15, 0.2) is 4.60 Å². The molecule has 8 heavy (non-hydrogen) atoms. The Morgan fingerprint density at radius 1 is 1.75 bits per heavy atom. The van der Waals surface area contributed by atoms with Crippen LogP contribution in [-0.2, 0) is 6.98 Å². The van der Waals surface area contributed by atoms with Crippen LogP contribution in [0.25, 0.3) is 0 Å². The summed E-state index contributed by atoms with van der Waals surface area (Å²) in [5, 5.41) is 6.83. The molecule has 3 nitrogen and oxygen atoms in total. The van der Waals surface area contributed by atoms with Crippen LogP contribution in [0.4, 0.5) is 0 Å². The number of nitrogens with zero attached hydrogens (tertiary/aromatic N) is 3. The molecule has 1 heterocycles.